The zero-order valence-electron chi connectivity index (χ0n) is 12.1. The van der Waals surface area contributed by atoms with E-state index in [1.54, 1.807) is 0 Å². The fourth-order valence-corrected chi connectivity index (χ4v) is 3.04. The minimum Gasteiger partial charge on any atom is -0.490 e. The van der Waals surface area contributed by atoms with Gasteiger partial charge >= 0.3 is 11.7 Å². The Hall–Kier alpha value is -2.20. The standard InChI is InChI=1S/C12H16N2O7S/c1-7(2)11(12(15)16)13-22(19,20)8-4-5-10(21-3)9(6-8)14(17)18/h4-7,11,13H,1-3H3,(H,15,16)/t11-/m1/s1. The third kappa shape index (κ3) is 3.92. The summed E-state index contributed by atoms with van der Waals surface area (Å²) < 4.78 is 31.2. The first kappa shape index (κ1) is 17.9. The molecule has 22 heavy (non-hydrogen) atoms. The van der Waals surface area contributed by atoms with Crippen molar-refractivity contribution in [2.24, 2.45) is 5.92 Å². The van der Waals surface area contributed by atoms with Crippen molar-refractivity contribution in [2.45, 2.75) is 24.8 Å². The van der Waals surface area contributed by atoms with Gasteiger partial charge in [0.15, 0.2) is 5.75 Å². The molecule has 0 aliphatic rings. The third-order valence-electron chi connectivity index (χ3n) is 2.87. The van der Waals surface area contributed by atoms with Gasteiger partial charge in [0.2, 0.25) is 10.0 Å². The Balaban J connectivity index is 3.26. The summed E-state index contributed by atoms with van der Waals surface area (Å²) in [6, 6.07) is 1.72. The largest absolute Gasteiger partial charge is 0.490 e. The number of nitro benzene ring substituents is 1. The number of hydrogen-bond acceptors (Lipinski definition) is 6. The lowest BCUT2D eigenvalue weighted by molar-refractivity contribution is -0.386. The summed E-state index contributed by atoms with van der Waals surface area (Å²) in [5, 5.41) is 19.9. The van der Waals surface area contributed by atoms with Crippen molar-refractivity contribution >= 4 is 21.7 Å². The van der Waals surface area contributed by atoms with Crippen LogP contribution in [0.4, 0.5) is 5.69 Å². The SMILES string of the molecule is COc1ccc(S(=O)(=O)N[C@@H](C(=O)O)C(C)C)cc1[N+](=O)[O-]. The average molecular weight is 332 g/mol. The van der Waals surface area contributed by atoms with Crippen molar-refractivity contribution in [2.75, 3.05) is 7.11 Å². The number of nitro groups is 1. The van der Waals surface area contributed by atoms with E-state index in [4.69, 9.17) is 9.84 Å². The van der Waals surface area contributed by atoms with E-state index in [0.29, 0.717) is 0 Å². The third-order valence-corrected chi connectivity index (χ3v) is 4.31. The zero-order chi connectivity index (χ0) is 17.1. The molecule has 0 spiro atoms. The number of hydrogen-bond donors (Lipinski definition) is 2. The normalized spacial score (nSPS) is 12.9. The number of methoxy groups -OCH3 is 1. The molecule has 1 rings (SSSR count). The molecule has 0 amide bonds. The monoisotopic (exact) mass is 332 g/mol. The average Bonchev–Trinajstić information content (AvgIpc) is 2.43. The van der Waals surface area contributed by atoms with Crippen LogP contribution in [0.3, 0.4) is 0 Å². The van der Waals surface area contributed by atoms with E-state index in [0.717, 1.165) is 18.2 Å². The highest BCUT2D eigenvalue weighted by atomic mass is 32.2. The molecular weight excluding hydrogens is 316 g/mol. The van der Waals surface area contributed by atoms with Gasteiger partial charge < -0.3 is 9.84 Å². The highest BCUT2D eigenvalue weighted by molar-refractivity contribution is 7.89. The summed E-state index contributed by atoms with van der Waals surface area (Å²) in [7, 11) is -3.01. The van der Waals surface area contributed by atoms with Gasteiger partial charge in [-0.05, 0) is 18.1 Å². The molecule has 0 aliphatic carbocycles. The number of sulfonamides is 1. The van der Waals surface area contributed by atoms with Crippen LogP contribution in [-0.4, -0.2) is 37.6 Å². The molecule has 1 atom stereocenters. The van der Waals surface area contributed by atoms with Crippen molar-refractivity contribution in [1.82, 2.24) is 4.72 Å². The van der Waals surface area contributed by atoms with Crippen LogP contribution in [0.2, 0.25) is 0 Å². The Kier molecular flexibility index (Phi) is 5.44. The van der Waals surface area contributed by atoms with Crippen LogP contribution in [0.25, 0.3) is 0 Å². The van der Waals surface area contributed by atoms with Crippen LogP contribution in [-0.2, 0) is 14.8 Å². The van der Waals surface area contributed by atoms with Crippen LogP contribution in [0.5, 0.6) is 5.75 Å². The highest BCUT2D eigenvalue weighted by Gasteiger charge is 2.29. The molecule has 0 radical (unpaired) electrons. The Morgan fingerprint density at radius 3 is 2.41 bits per heavy atom. The molecule has 0 aliphatic heterocycles. The number of aliphatic carboxylic acids is 1. The van der Waals surface area contributed by atoms with Gasteiger partial charge in [-0.25, -0.2) is 8.42 Å². The second-order valence-electron chi connectivity index (χ2n) is 4.77. The number of ether oxygens (including phenoxy) is 1. The van der Waals surface area contributed by atoms with Gasteiger partial charge in [0, 0.05) is 6.07 Å². The van der Waals surface area contributed by atoms with Crippen LogP contribution in [0, 0.1) is 16.0 Å². The van der Waals surface area contributed by atoms with Gasteiger partial charge in [-0.15, -0.1) is 0 Å². The zero-order valence-corrected chi connectivity index (χ0v) is 13.0. The lowest BCUT2D eigenvalue weighted by Gasteiger charge is -2.18. The van der Waals surface area contributed by atoms with Crippen molar-refractivity contribution in [3.05, 3.63) is 28.3 Å². The predicted molar refractivity (Wildman–Crippen MR) is 76.2 cm³/mol. The molecule has 0 saturated carbocycles. The van der Waals surface area contributed by atoms with E-state index in [1.807, 2.05) is 4.72 Å². The summed E-state index contributed by atoms with van der Waals surface area (Å²) in [5.74, 6) is -1.93. The molecular formula is C12H16N2O7S. The Morgan fingerprint density at radius 1 is 1.41 bits per heavy atom. The quantitative estimate of drug-likeness (QED) is 0.561. The lowest BCUT2D eigenvalue weighted by atomic mass is 10.1. The first-order valence-corrected chi connectivity index (χ1v) is 7.66. The van der Waals surface area contributed by atoms with Crippen LogP contribution in [0.15, 0.2) is 23.1 Å². The second-order valence-corrected chi connectivity index (χ2v) is 6.49. The molecule has 10 heteroatoms. The summed E-state index contributed by atoms with van der Waals surface area (Å²) in [6.45, 7) is 3.08. The Morgan fingerprint density at radius 2 is 2.00 bits per heavy atom. The van der Waals surface area contributed by atoms with E-state index >= 15 is 0 Å². The van der Waals surface area contributed by atoms with Gasteiger partial charge in [-0.3, -0.25) is 14.9 Å². The summed E-state index contributed by atoms with van der Waals surface area (Å²) >= 11 is 0. The number of rotatable bonds is 7. The van der Waals surface area contributed by atoms with Crippen LogP contribution >= 0.6 is 0 Å². The summed E-state index contributed by atoms with van der Waals surface area (Å²) in [6.07, 6.45) is 0. The topological polar surface area (TPSA) is 136 Å². The smallest absolute Gasteiger partial charge is 0.322 e. The molecule has 0 aromatic heterocycles. The molecule has 1 aromatic rings. The molecule has 0 fully saturated rings. The van der Waals surface area contributed by atoms with Crippen molar-refractivity contribution in [1.29, 1.82) is 0 Å². The van der Waals surface area contributed by atoms with Crippen LogP contribution in [0.1, 0.15) is 13.8 Å². The molecule has 0 saturated heterocycles. The maximum Gasteiger partial charge on any atom is 0.322 e. The molecule has 2 N–H and O–H groups in total. The van der Waals surface area contributed by atoms with Crippen LogP contribution < -0.4 is 9.46 Å². The fraction of sp³-hybridized carbons (Fsp3) is 0.417. The second kappa shape index (κ2) is 6.71. The van der Waals surface area contributed by atoms with E-state index in [9.17, 15) is 23.3 Å². The Labute approximate surface area is 127 Å². The predicted octanol–water partition coefficient (Wildman–Crippen LogP) is 0.991. The summed E-state index contributed by atoms with van der Waals surface area (Å²) in [5.41, 5.74) is -0.526. The number of carboxylic acid groups (broad SMARTS) is 1. The highest BCUT2D eigenvalue weighted by Crippen LogP contribution is 2.29. The van der Waals surface area contributed by atoms with Crippen molar-refractivity contribution in [3.63, 3.8) is 0 Å². The minimum atomic E-state index is -4.22. The van der Waals surface area contributed by atoms with E-state index < -0.39 is 43.5 Å². The summed E-state index contributed by atoms with van der Waals surface area (Å²) in [4.78, 5) is 20.8. The lowest BCUT2D eigenvalue weighted by Crippen LogP contribution is -2.44. The van der Waals surface area contributed by atoms with Gasteiger partial charge in [0.05, 0.1) is 16.9 Å². The van der Waals surface area contributed by atoms with E-state index in [2.05, 4.69) is 0 Å². The fourth-order valence-electron chi connectivity index (χ4n) is 1.69. The number of benzene rings is 1. The van der Waals surface area contributed by atoms with Crippen molar-refractivity contribution in [3.8, 4) is 5.75 Å². The molecule has 0 unspecified atom stereocenters. The molecule has 9 nitrogen and oxygen atoms in total. The first-order chi connectivity index (χ1) is 10.1. The van der Waals surface area contributed by atoms with Gasteiger partial charge in [-0.1, -0.05) is 13.8 Å². The number of nitrogens with zero attached hydrogens (tertiary/aromatic N) is 1. The van der Waals surface area contributed by atoms with Gasteiger partial charge in [0.1, 0.15) is 6.04 Å². The maximum absolute atomic E-state index is 12.2. The minimum absolute atomic E-state index is 0.0948. The number of carboxylic acids is 1. The molecule has 0 bridgehead atoms. The Bertz CT molecular complexity index is 685. The maximum atomic E-state index is 12.2. The molecule has 122 valence electrons. The van der Waals surface area contributed by atoms with Gasteiger partial charge in [-0.2, -0.15) is 4.72 Å². The van der Waals surface area contributed by atoms with E-state index in [1.165, 1.54) is 21.0 Å². The number of nitrogens with one attached hydrogen (secondary N) is 1. The number of carbonyl (C=O) groups is 1. The van der Waals surface area contributed by atoms with Crippen molar-refractivity contribution < 1.29 is 28.0 Å². The van der Waals surface area contributed by atoms with E-state index in [-0.39, 0.29) is 5.75 Å². The first-order valence-electron chi connectivity index (χ1n) is 6.17. The molecule has 1 aromatic carbocycles. The van der Waals surface area contributed by atoms with Gasteiger partial charge in [0.25, 0.3) is 0 Å². The molecule has 0 heterocycles.